The highest BCUT2D eigenvalue weighted by atomic mass is 16.6. The fourth-order valence-corrected chi connectivity index (χ4v) is 3.08. The van der Waals surface area contributed by atoms with Crippen molar-refractivity contribution in [2.45, 2.75) is 52.5 Å². The molecule has 2 heterocycles. The van der Waals surface area contributed by atoms with Crippen molar-refractivity contribution in [2.75, 3.05) is 13.1 Å². The lowest BCUT2D eigenvalue weighted by Gasteiger charge is -2.24. The van der Waals surface area contributed by atoms with Gasteiger partial charge in [0.2, 0.25) is 5.91 Å². The van der Waals surface area contributed by atoms with Crippen LogP contribution in [-0.4, -0.2) is 43.1 Å². The van der Waals surface area contributed by atoms with Crippen LogP contribution < -0.4 is 0 Å². The van der Waals surface area contributed by atoms with Crippen molar-refractivity contribution < 1.29 is 18.9 Å². The van der Waals surface area contributed by atoms with E-state index >= 15 is 0 Å². The summed E-state index contributed by atoms with van der Waals surface area (Å²) in [5, 5.41) is 0. The quantitative estimate of drug-likeness (QED) is 0.739. The van der Waals surface area contributed by atoms with Crippen LogP contribution in [0.25, 0.3) is 0 Å². The highest BCUT2D eigenvalue weighted by molar-refractivity contribution is 6.46. The molecule has 0 saturated carbocycles. The second kappa shape index (κ2) is 6.61. The van der Waals surface area contributed by atoms with E-state index in [0.717, 1.165) is 19.2 Å². The largest absolute Gasteiger partial charge is 0.527 e. The van der Waals surface area contributed by atoms with Gasteiger partial charge in [-0.25, -0.2) is 0 Å². The van der Waals surface area contributed by atoms with E-state index in [2.05, 4.69) is 0 Å². The zero-order valence-electron chi connectivity index (χ0n) is 12.6. The number of rotatable bonds is 3. The summed E-state index contributed by atoms with van der Waals surface area (Å²) >= 11 is 0. The van der Waals surface area contributed by atoms with Gasteiger partial charge in [0.15, 0.2) is 0 Å². The lowest BCUT2D eigenvalue weighted by molar-refractivity contribution is -0.142. The van der Waals surface area contributed by atoms with Gasteiger partial charge in [0, 0.05) is 25.6 Å². The Morgan fingerprint density at radius 2 is 2.25 bits per heavy atom. The molecule has 0 N–H and O–H groups in total. The molecule has 0 spiro atoms. The number of hydrogen-bond donors (Lipinski definition) is 0. The van der Waals surface area contributed by atoms with Crippen LogP contribution in [0.4, 0.5) is 0 Å². The van der Waals surface area contributed by atoms with E-state index in [0.29, 0.717) is 19.5 Å². The normalized spacial score (nSPS) is 27.1. The van der Waals surface area contributed by atoms with Gasteiger partial charge in [-0.3, -0.25) is 9.59 Å². The van der Waals surface area contributed by atoms with Gasteiger partial charge in [0.1, 0.15) is 0 Å². The topological polar surface area (TPSA) is 55.8 Å². The third-order valence-corrected chi connectivity index (χ3v) is 4.09. The molecule has 112 valence electrons. The van der Waals surface area contributed by atoms with Gasteiger partial charge in [-0.1, -0.05) is 13.3 Å². The van der Waals surface area contributed by atoms with Crippen molar-refractivity contribution in [3.8, 4) is 0 Å². The van der Waals surface area contributed by atoms with E-state index in [-0.39, 0.29) is 29.8 Å². The summed E-state index contributed by atoms with van der Waals surface area (Å²) in [4.78, 5) is 25.9. The van der Waals surface area contributed by atoms with Crippen LogP contribution in [0, 0.1) is 11.8 Å². The number of fused-ring (bicyclic) bond motifs is 1. The Labute approximate surface area is 121 Å². The molecule has 0 aromatic carbocycles. The first-order chi connectivity index (χ1) is 9.51. The maximum absolute atomic E-state index is 12.3. The number of amides is 1. The molecule has 5 nitrogen and oxygen atoms in total. The van der Waals surface area contributed by atoms with E-state index in [1.807, 2.05) is 20.8 Å². The Balaban J connectivity index is 2.00. The first-order valence-electron chi connectivity index (χ1n) is 7.65. The van der Waals surface area contributed by atoms with Crippen LogP contribution in [0.15, 0.2) is 0 Å². The van der Waals surface area contributed by atoms with Crippen LogP contribution in [0.5, 0.6) is 0 Å². The van der Waals surface area contributed by atoms with Gasteiger partial charge >= 0.3 is 7.12 Å². The summed E-state index contributed by atoms with van der Waals surface area (Å²) in [5.41, 5.74) is 0. The monoisotopic (exact) mass is 281 g/mol. The third kappa shape index (κ3) is 3.54. The van der Waals surface area contributed by atoms with Crippen molar-refractivity contribution in [1.82, 2.24) is 4.90 Å². The fraction of sp³-hybridized carbons (Fsp3) is 0.857. The highest BCUT2D eigenvalue weighted by Crippen LogP contribution is 2.32. The Kier molecular flexibility index (Phi) is 5.08. The summed E-state index contributed by atoms with van der Waals surface area (Å²) in [7, 11) is -0.431. The number of hydrogen-bond acceptors (Lipinski definition) is 4. The summed E-state index contributed by atoms with van der Waals surface area (Å²) in [5.74, 6) is -0.00616. The molecule has 0 bridgehead atoms. The van der Waals surface area contributed by atoms with Crippen LogP contribution in [0.2, 0.25) is 6.32 Å². The first kappa shape index (κ1) is 15.4. The van der Waals surface area contributed by atoms with Gasteiger partial charge in [-0.15, -0.1) is 0 Å². The number of carbonyl (C=O) groups is 2. The van der Waals surface area contributed by atoms with Gasteiger partial charge in [0.25, 0.3) is 5.97 Å². The maximum Gasteiger partial charge on any atom is 0.527 e. The lowest BCUT2D eigenvalue weighted by atomic mass is 9.76. The summed E-state index contributed by atoms with van der Waals surface area (Å²) < 4.78 is 11.1. The van der Waals surface area contributed by atoms with Crippen molar-refractivity contribution in [3.05, 3.63) is 0 Å². The molecule has 2 rings (SSSR count). The Morgan fingerprint density at radius 1 is 1.50 bits per heavy atom. The minimum atomic E-state index is -0.431. The Bertz CT molecular complexity index is 374. The van der Waals surface area contributed by atoms with Gasteiger partial charge < -0.3 is 14.2 Å². The fourth-order valence-electron chi connectivity index (χ4n) is 3.08. The van der Waals surface area contributed by atoms with Crippen LogP contribution in [-0.2, 0) is 18.9 Å². The zero-order valence-corrected chi connectivity index (χ0v) is 12.6. The minimum Gasteiger partial charge on any atom is -0.509 e. The maximum atomic E-state index is 12.3. The van der Waals surface area contributed by atoms with Gasteiger partial charge in [-0.2, -0.15) is 0 Å². The molecule has 2 atom stereocenters. The molecule has 1 amide bonds. The molecule has 20 heavy (non-hydrogen) atoms. The van der Waals surface area contributed by atoms with E-state index in [1.54, 1.807) is 4.90 Å². The van der Waals surface area contributed by atoms with Crippen molar-refractivity contribution in [3.63, 3.8) is 0 Å². The second-order valence-corrected chi connectivity index (χ2v) is 6.00. The molecule has 0 aromatic rings. The average Bonchev–Trinajstić information content (AvgIpc) is 2.79. The molecule has 0 aromatic heterocycles. The van der Waals surface area contributed by atoms with Crippen molar-refractivity contribution in [1.29, 1.82) is 0 Å². The number of likely N-dealkylation sites (tertiary alicyclic amines) is 1. The van der Waals surface area contributed by atoms with Crippen molar-refractivity contribution >= 4 is 19.0 Å². The molecular weight excluding hydrogens is 257 g/mol. The standard InChI is InChI=1S/C14H24BNO4/c1-4-13(17)16-8-11-6-5-7-15(19-10(2)3)20-14(18)12(11)9-16/h10-12H,4-9H2,1-3H3. The Hall–Kier alpha value is -1.04. The molecule has 2 unspecified atom stereocenters. The molecule has 2 aliphatic rings. The van der Waals surface area contributed by atoms with E-state index in [9.17, 15) is 9.59 Å². The third-order valence-electron chi connectivity index (χ3n) is 4.09. The smallest absolute Gasteiger partial charge is 0.509 e. The molecule has 0 radical (unpaired) electrons. The predicted octanol–water partition coefficient (Wildman–Crippen LogP) is 1.72. The van der Waals surface area contributed by atoms with E-state index < -0.39 is 7.12 Å². The van der Waals surface area contributed by atoms with Crippen LogP contribution in [0.3, 0.4) is 0 Å². The SMILES string of the molecule is CCC(=O)N1CC2CCCB(OC(C)C)OC(=O)C2C1. The van der Waals surface area contributed by atoms with Crippen LogP contribution >= 0.6 is 0 Å². The Morgan fingerprint density at radius 3 is 2.90 bits per heavy atom. The highest BCUT2D eigenvalue weighted by Gasteiger charge is 2.42. The number of carbonyl (C=O) groups excluding carboxylic acids is 2. The molecule has 2 fully saturated rings. The molecular formula is C14H24BNO4. The predicted molar refractivity (Wildman–Crippen MR) is 76.0 cm³/mol. The molecule has 2 saturated heterocycles. The average molecular weight is 281 g/mol. The lowest BCUT2D eigenvalue weighted by Crippen LogP contribution is -2.36. The van der Waals surface area contributed by atoms with E-state index in [4.69, 9.17) is 9.31 Å². The van der Waals surface area contributed by atoms with Gasteiger partial charge in [0.05, 0.1) is 5.92 Å². The minimum absolute atomic E-state index is 0.0461. The van der Waals surface area contributed by atoms with Crippen molar-refractivity contribution in [2.24, 2.45) is 11.8 Å². The summed E-state index contributed by atoms with van der Waals surface area (Å²) in [6.45, 7) is 6.93. The zero-order chi connectivity index (χ0) is 14.7. The van der Waals surface area contributed by atoms with Crippen LogP contribution in [0.1, 0.15) is 40.0 Å². The molecule has 0 aliphatic carbocycles. The van der Waals surface area contributed by atoms with Gasteiger partial charge in [-0.05, 0) is 32.5 Å². The second-order valence-electron chi connectivity index (χ2n) is 6.00. The molecule has 6 heteroatoms. The summed E-state index contributed by atoms with van der Waals surface area (Å²) in [6.07, 6.45) is 3.22. The molecule has 2 aliphatic heterocycles. The summed E-state index contributed by atoms with van der Waals surface area (Å²) in [6, 6.07) is 0. The first-order valence-corrected chi connectivity index (χ1v) is 7.65. The number of nitrogens with zero attached hydrogens (tertiary/aromatic N) is 1. The van der Waals surface area contributed by atoms with E-state index in [1.165, 1.54) is 0 Å².